The Labute approximate surface area is 117 Å². The Kier molecular flexibility index (Phi) is 3.31. The summed E-state index contributed by atoms with van der Waals surface area (Å²) in [5.41, 5.74) is 0.282. The first kappa shape index (κ1) is 13.3. The van der Waals surface area contributed by atoms with Gasteiger partial charge in [-0.25, -0.2) is 0 Å². The van der Waals surface area contributed by atoms with Gasteiger partial charge in [0.25, 0.3) is 5.69 Å². The predicted molar refractivity (Wildman–Crippen MR) is 76.2 cm³/mol. The van der Waals surface area contributed by atoms with Crippen LogP contribution in [0.5, 0.6) is 0 Å². The van der Waals surface area contributed by atoms with Crippen molar-refractivity contribution in [1.82, 2.24) is 4.90 Å². The van der Waals surface area contributed by atoms with Gasteiger partial charge in [0.15, 0.2) is 0 Å². The van der Waals surface area contributed by atoms with E-state index in [1.807, 2.05) is 6.08 Å². The Morgan fingerprint density at radius 3 is 2.75 bits per heavy atom. The van der Waals surface area contributed by atoms with Crippen LogP contribution >= 0.6 is 0 Å². The fourth-order valence-corrected chi connectivity index (χ4v) is 2.86. The van der Waals surface area contributed by atoms with Gasteiger partial charge in [-0.15, -0.1) is 0 Å². The van der Waals surface area contributed by atoms with Crippen LogP contribution in [-0.2, 0) is 0 Å². The highest BCUT2D eigenvalue weighted by Crippen LogP contribution is 2.44. The molecule has 0 aromatic heterocycles. The first-order chi connectivity index (χ1) is 9.58. The number of nitro benzene ring substituents is 1. The van der Waals surface area contributed by atoms with Crippen LogP contribution in [0.1, 0.15) is 18.4 Å². The molecular weight excluding hydrogens is 256 g/mol. The quantitative estimate of drug-likeness (QED) is 0.659. The molecule has 0 amide bonds. The zero-order chi connectivity index (χ0) is 14.2. The van der Waals surface area contributed by atoms with Crippen LogP contribution in [0.4, 0.5) is 5.69 Å². The lowest BCUT2D eigenvalue weighted by Crippen LogP contribution is -2.62. The third-order valence-electron chi connectivity index (χ3n) is 4.13. The Hall–Kier alpha value is -1.72. The van der Waals surface area contributed by atoms with Gasteiger partial charge < -0.3 is 5.11 Å². The van der Waals surface area contributed by atoms with E-state index in [4.69, 9.17) is 0 Å². The summed E-state index contributed by atoms with van der Waals surface area (Å²) in [6.07, 6.45) is 6.01. The van der Waals surface area contributed by atoms with Gasteiger partial charge >= 0.3 is 0 Å². The molecular formula is C15H18N2O3. The number of hydrogen-bond donors (Lipinski definition) is 1. The van der Waals surface area contributed by atoms with E-state index >= 15 is 0 Å². The molecule has 0 atom stereocenters. The summed E-state index contributed by atoms with van der Waals surface area (Å²) in [6.45, 7) is 2.17. The molecule has 106 valence electrons. The summed E-state index contributed by atoms with van der Waals surface area (Å²) < 4.78 is 0. The predicted octanol–water partition coefficient (Wildman–Crippen LogP) is 2.06. The smallest absolute Gasteiger partial charge is 0.276 e. The molecule has 1 aliphatic heterocycles. The van der Waals surface area contributed by atoms with Crippen LogP contribution in [0.25, 0.3) is 6.08 Å². The largest absolute Gasteiger partial charge is 0.387 e. The second-order valence-electron chi connectivity index (χ2n) is 5.77. The fourth-order valence-electron chi connectivity index (χ4n) is 2.86. The third kappa shape index (κ3) is 2.59. The topological polar surface area (TPSA) is 66.6 Å². The second-order valence-corrected chi connectivity index (χ2v) is 5.77. The molecule has 0 radical (unpaired) electrons. The first-order valence-electron chi connectivity index (χ1n) is 6.93. The van der Waals surface area contributed by atoms with Crippen molar-refractivity contribution in [3.8, 4) is 0 Å². The normalized spacial score (nSPS) is 21.9. The number of β-amino-alcohol motifs (C(OH)–C–C–N with tert-alkyl or cyclic N) is 1. The maximum absolute atomic E-state index is 10.9. The molecule has 1 aromatic rings. The van der Waals surface area contributed by atoms with E-state index in [-0.39, 0.29) is 10.6 Å². The molecule has 5 nitrogen and oxygen atoms in total. The highest BCUT2D eigenvalue weighted by molar-refractivity contribution is 5.60. The standard InChI is InChI=1S/C15H18N2O3/c18-15(13-7-8-13)10-16(11-15)9-3-5-12-4-1-2-6-14(12)17(19)20/h1-6,13,18H,7-11H2. The van der Waals surface area contributed by atoms with E-state index in [9.17, 15) is 15.2 Å². The maximum atomic E-state index is 10.9. The van der Waals surface area contributed by atoms with Crippen molar-refractivity contribution >= 4 is 11.8 Å². The van der Waals surface area contributed by atoms with E-state index < -0.39 is 5.60 Å². The molecule has 0 bridgehead atoms. The average molecular weight is 274 g/mol. The van der Waals surface area contributed by atoms with Crippen molar-refractivity contribution in [1.29, 1.82) is 0 Å². The molecule has 0 spiro atoms. The van der Waals surface area contributed by atoms with Crippen molar-refractivity contribution in [3.63, 3.8) is 0 Å². The zero-order valence-corrected chi connectivity index (χ0v) is 11.2. The number of likely N-dealkylation sites (tertiary alicyclic amines) is 1. The van der Waals surface area contributed by atoms with Crippen LogP contribution in [0, 0.1) is 16.0 Å². The van der Waals surface area contributed by atoms with Crippen LogP contribution in [0.2, 0.25) is 0 Å². The number of aliphatic hydroxyl groups is 1. The number of benzene rings is 1. The third-order valence-corrected chi connectivity index (χ3v) is 4.13. The Balaban J connectivity index is 1.55. The molecule has 1 aliphatic carbocycles. The highest BCUT2D eigenvalue weighted by Gasteiger charge is 2.51. The molecule has 2 aliphatic rings. The number of nitrogens with zero attached hydrogens (tertiary/aromatic N) is 2. The SMILES string of the molecule is O=[N+]([O-])c1ccccc1C=CCN1CC(O)(C2CC2)C1. The zero-order valence-electron chi connectivity index (χ0n) is 11.2. The van der Waals surface area contributed by atoms with Gasteiger partial charge in [0.1, 0.15) is 0 Å². The Bertz CT molecular complexity index is 546. The lowest BCUT2D eigenvalue weighted by molar-refractivity contribution is -0.385. The molecule has 1 heterocycles. The Morgan fingerprint density at radius 2 is 2.10 bits per heavy atom. The summed E-state index contributed by atoms with van der Waals surface area (Å²) in [6, 6.07) is 6.71. The maximum Gasteiger partial charge on any atom is 0.276 e. The van der Waals surface area contributed by atoms with E-state index in [0.717, 1.165) is 32.5 Å². The summed E-state index contributed by atoms with van der Waals surface area (Å²) >= 11 is 0. The minimum Gasteiger partial charge on any atom is -0.387 e. The van der Waals surface area contributed by atoms with Gasteiger partial charge in [0.2, 0.25) is 0 Å². The summed E-state index contributed by atoms with van der Waals surface area (Å²) in [5.74, 6) is 0.498. The minimum atomic E-state index is -0.466. The fraction of sp³-hybridized carbons (Fsp3) is 0.467. The highest BCUT2D eigenvalue weighted by atomic mass is 16.6. The number of rotatable bonds is 5. The van der Waals surface area contributed by atoms with E-state index in [0.29, 0.717) is 11.5 Å². The van der Waals surface area contributed by atoms with Crippen molar-refractivity contribution in [2.75, 3.05) is 19.6 Å². The molecule has 1 saturated heterocycles. The molecule has 1 N–H and O–H groups in total. The minimum absolute atomic E-state index is 0.127. The van der Waals surface area contributed by atoms with Gasteiger partial charge in [-0.05, 0) is 24.8 Å². The van der Waals surface area contributed by atoms with Gasteiger partial charge in [-0.2, -0.15) is 0 Å². The van der Waals surface area contributed by atoms with Crippen molar-refractivity contribution in [3.05, 3.63) is 46.0 Å². The second kappa shape index (κ2) is 5.00. The summed E-state index contributed by atoms with van der Waals surface area (Å²) in [4.78, 5) is 12.7. The summed E-state index contributed by atoms with van der Waals surface area (Å²) in [7, 11) is 0. The van der Waals surface area contributed by atoms with Crippen LogP contribution in [-0.4, -0.2) is 40.2 Å². The van der Waals surface area contributed by atoms with Crippen molar-refractivity contribution < 1.29 is 10.0 Å². The van der Waals surface area contributed by atoms with Gasteiger partial charge in [-0.1, -0.05) is 24.3 Å². The molecule has 0 unspecified atom stereocenters. The lowest BCUT2D eigenvalue weighted by Gasteiger charge is -2.46. The monoisotopic (exact) mass is 274 g/mol. The van der Waals surface area contributed by atoms with Crippen LogP contribution in [0.15, 0.2) is 30.3 Å². The summed E-state index contributed by atoms with van der Waals surface area (Å²) in [5, 5.41) is 21.1. The lowest BCUT2D eigenvalue weighted by atomic mass is 9.89. The van der Waals surface area contributed by atoms with Crippen LogP contribution < -0.4 is 0 Å². The Morgan fingerprint density at radius 1 is 1.40 bits per heavy atom. The number of hydrogen-bond acceptors (Lipinski definition) is 4. The number of para-hydroxylation sites is 1. The molecule has 1 aromatic carbocycles. The van der Waals surface area contributed by atoms with E-state index in [1.54, 1.807) is 24.3 Å². The molecule has 20 heavy (non-hydrogen) atoms. The molecule has 3 rings (SSSR count). The van der Waals surface area contributed by atoms with E-state index in [2.05, 4.69) is 4.90 Å². The van der Waals surface area contributed by atoms with Gasteiger partial charge in [0.05, 0.1) is 16.1 Å². The van der Waals surface area contributed by atoms with Crippen molar-refractivity contribution in [2.24, 2.45) is 5.92 Å². The molecule has 2 fully saturated rings. The first-order valence-corrected chi connectivity index (χ1v) is 6.93. The van der Waals surface area contributed by atoms with Gasteiger partial charge in [0, 0.05) is 25.7 Å². The van der Waals surface area contributed by atoms with Crippen molar-refractivity contribution in [2.45, 2.75) is 18.4 Å². The average Bonchev–Trinajstić information content (AvgIpc) is 3.21. The molecule has 5 heteroatoms. The molecule has 1 saturated carbocycles. The van der Waals surface area contributed by atoms with E-state index in [1.165, 1.54) is 6.07 Å². The van der Waals surface area contributed by atoms with Gasteiger partial charge in [-0.3, -0.25) is 15.0 Å². The number of nitro groups is 1. The van der Waals surface area contributed by atoms with Crippen LogP contribution in [0.3, 0.4) is 0 Å².